The fourth-order valence-electron chi connectivity index (χ4n) is 1.65. The van der Waals surface area contributed by atoms with E-state index in [4.69, 9.17) is 4.43 Å². The lowest BCUT2D eigenvalue weighted by Crippen LogP contribution is -2.29. The molecule has 1 atom stereocenters. The Kier molecular flexibility index (Phi) is 2.78. The average molecular weight is 234 g/mol. The van der Waals surface area contributed by atoms with E-state index in [1.165, 1.54) is 24.3 Å². The van der Waals surface area contributed by atoms with Gasteiger partial charge in [-0.3, -0.25) is 0 Å². The van der Waals surface area contributed by atoms with Crippen LogP contribution in [0.15, 0.2) is 0 Å². The maximum Gasteiger partial charge on any atom is 0.184 e. The van der Waals surface area contributed by atoms with E-state index >= 15 is 0 Å². The molecule has 1 saturated carbocycles. The van der Waals surface area contributed by atoms with Crippen molar-refractivity contribution in [1.29, 1.82) is 0 Å². The lowest BCUT2D eigenvalue weighted by Gasteiger charge is -2.24. The minimum Gasteiger partial charge on any atom is -0.412 e. The zero-order valence-electron chi connectivity index (χ0n) is 8.63. The molecule has 0 amide bonds. The fraction of sp³-hybridized carbons (Fsp3) is 1.00. The lowest BCUT2D eigenvalue weighted by molar-refractivity contribution is 0.295. The first kappa shape index (κ1) is 10.4. The van der Waals surface area contributed by atoms with Crippen LogP contribution in [0.1, 0.15) is 12.8 Å². The van der Waals surface area contributed by atoms with Crippen molar-refractivity contribution in [2.45, 2.75) is 42.7 Å². The standard InChI is InChI=1S/C9H18OS2Si/c1-13(2,3)10-8-7-9(8)11-5-4-6-12-9/h8H,4-7H2,1-3H3/t8-/m1/s1. The topological polar surface area (TPSA) is 9.23 Å². The summed E-state index contributed by atoms with van der Waals surface area (Å²) in [6.45, 7) is 6.87. The highest BCUT2D eigenvalue weighted by atomic mass is 32.2. The molecule has 1 aliphatic carbocycles. The van der Waals surface area contributed by atoms with E-state index in [-0.39, 0.29) is 0 Å². The SMILES string of the molecule is C[Si](C)(C)O[C@@H]1CC12SCCCS2. The van der Waals surface area contributed by atoms with Crippen LogP contribution < -0.4 is 0 Å². The molecule has 1 saturated heterocycles. The Morgan fingerprint density at radius 1 is 1.23 bits per heavy atom. The van der Waals surface area contributed by atoms with Gasteiger partial charge in [0.1, 0.15) is 0 Å². The predicted molar refractivity (Wildman–Crippen MR) is 65.1 cm³/mol. The summed E-state index contributed by atoms with van der Waals surface area (Å²) in [4.78, 5) is 0. The molecular formula is C9H18OS2Si. The van der Waals surface area contributed by atoms with Crippen molar-refractivity contribution < 1.29 is 4.43 Å². The first-order valence-corrected chi connectivity index (χ1v) is 10.4. The number of hydrogen-bond donors (Lipinski definition) is 0. The maximum atomic E-state index is 6.14. The second-order valence-corrected chi connectivity index (χ2v) is 12.4. The Balaban J connectivity index is 1.86. The molecule has 1 heterocycles. The van der Waals surface area contributed by atoms with Crippen LogP contribution in [0.5, 0.6) is 0 Å². The molecule has 2 rings (SSSR count). The maximum absolute atomic E-state index is 6.14. The zero-order valence-corrected chi connectivity index (χ0v) is 11.3. The molecule has 0 aromatic carbocycles. The average Bonchev–Trinajstić information content (AvgIpc) is 2.60. The summed E-state index contributed by atoms with van der Waals surface area (Å²) in [6.07, 6.45) is 3.26. The molecule has 1 spiro atoms. The van der Waals surface area contributed by atoms with E-state index in [1.807, 2.05) is 0 Å². The normalized spacial score (nSPS) is 32.1. The van der Waals surface area contributed by atoms with Crippen molar-refractivity contribution in [3.63, 3.8) is 0 Å². The molecule has 76 valence electrons. The van der Waals surface area contributed by atoms with Gasteiger partial charge >= 0.3 is 0 Å². The van der Waals surface area contributed by atoms with Crippen LogP contribution >= 0.6 is 23.5 Å². The molecule has 2 aliphatic rings. The van der Waals surface area contributed by atoms with Crippen LogP contribution in [-0.4, -0.2) is 30.0 Å². The molecule has 0 radical (unpaired) electrons. The van der Waals surface area contributed by atoms with Crippen LogP contribution in [0, 0.1) is 0 Å². The van der Waals surface area contributed by atoms with E-state index in [1.54, 1.807) is 0 Å². The van der Waals surface area contributed by atoms with Crippen molar-refractivity contribution >= 4 is 31.8 Å². The van der Waals surface area contributed by atoms with Gasteiger partial charge < -0.3 is 4.43 Å². The molecule has 0 aromatic heterocycles. The van der Waals surface area contributed by atoms with Gasteiger partial charge in [-0.2, -0.15) is 0 Å². The summed E-state index contributed by atoms with van der Waals surface area (Å²) in [7, 11) is -1.29. The van der Waals surface area contributed by atoms with Crippen LogP contribution in [0.2, 0.25) is 19.6 Å². The molecule has 4 heteroatoms. The summed E-state index contributed by atoms with van der Waals surface area (Å²) in [5, 5.41) is 0. The summed E-state index contributed by atoms with van der Waals surface area (Å²) < 4.78 is 6.64. The van der Waals surface area contributed by atoms with Crippen LogP contribution in [0.3, 0.4) is 0 Å². The Labute approximate surface area is 90.5 Å². The number of thioether (sulfide) groups is 2. The Morgan fingerprint density at radius 2 is 1.85 bits per heavy atom. The second-order valence-electron chi connectivity index (χ2n) is 4.79. The minimum absolute atomic E-state index is 0.499. The summed E-state index contributed by atoms with van der Waals surface area (Å²) in [5.74, 6) is 2.69. The van der Waals surface area contributed by atoms with Gasteiger partial charge in [-0.05, 0) is 37.6 Å². The van der Waals surface area contributed by atoms with Gasteiger partial charge in [-0.25, -0.2) is 0 Å². The van der Waals surface area contributed by atoms with Crippen LogP contribution in [0.4, 0.5) is 0 Å². The first-order chi connectivity index (χ1) is 6.02. The third-order valence-corrected chi connectivity index (χ3v) is 6.80. The van der Waals surface area contributed by atoms with Gasteiger partial charge in [0.25, 0.3) is 0 Å². The molecule has 2 fully saturated rings. The summed E-state index contributed by atoms with van der Waals surface area (Å²) in [6, 6.07) is 0. The largest absolute Gasteiger partial charge is 0.412 e. The Hall–Kier alpha value is 0.877. The third kappa shape index (κ3) is 2.46. The fourth-order valence-corrected chi connectivity index (χ4v) is 6.25. The van der Waals surface area contributed by atoms with Crippen molar-refractivity contribution in [1.82, 2.24) is 0 Å². The van der Waals surface area contributed by atoms with Crippen molar-refractivity contribution in [3.8, 4) is 0 Å². The third-order valence-electron chi connectivity index (χ3n) is 2.28. The zero-order chi connectivity index (χ0) is 9.53. The molecule has 0 aromatic rings. The van der Waals surface area contributed by atoms with Crippen LogP contribution in [0.25, 0.3) is 0 Å². The highest BCUT2D eigenvalue weighted by Gasteiger charge is 2.58. The van der Waals surface area contributed by atoms with Gasteiger partial charge in [0.05, 0.1) is 10.2 Å². The number of rotatable bonds is 2. The Bertz CT molecular complexity index is 196. The smallest absolute Gasteiger partial charge is 0.184 e. The molecule has 0 unspecified atom stereocenters. The molecule has 0 bridgehead atoms. The summed E-state index contributed by atoms with van der Waals surface area (Å²) in [5.41, 5.74) is 0. The lowest BCUT2D eigenvalue weighted by atomic mass is 10.6. The molecule has 1 nitrogen and oxygen atoms in total. The van der Waals surface area contributed by atoms with Gasteiger partial charge in [0.15, 0.2) is 8.32 Å². The van der Waals surface area contributed by atoms with Crippen molar-refractivity contribution in [3.05, 3.63) is 0 Å². The van der Waals surface area contributed by atoms with E-state index in [0.29, 0.717) is 10.2 Å². The number of hydrogen-bond acceptors (Lipinski definition) is 3. The molecule has 1 aliphatic heterocycles. The van der Waals surface area contributed by atoms with Gasteiger partial charge in [0, 0.05) is 6.42 Å². The second kappa shape index (κ2) is 3.47. The van der Waals surface area contributed by atoms with Gasteiger partial charge in [-0.15, -0.1) is 23.5 Å². The van der Waals surface area contributed by atoms with E-state index < -0.39 is 8.32 Å². The van der Waals surface area contributed by atoms with Crippen molar-refractivity contribution in [2.24, 2.45) is 0 Å². The Morgan fingerprint density at radius 3 is 2.38 bits per heavy atom. The van der Waals surface area contributed by atoms with E-state index in [0.717, 1.165) is 0 Å². The minimum atomic E-state index is -1.29. The molecule has 13 heavy (non-hydrogen) atoms. The monoisotopic (exact) mass is 234 g/mol. The van der Waals surface area contributed by atoms with Crippen molar-refractivity contribution in [2.75, 3.05) is 11.5 Å². The van der Waals surface area contributed by atoms with Gasteiger partial charge in [0.2, 0.25) is 0 Å². The highest BCUT2D eigenvalue weighted by Crippen LogP contribution is 2.61. The quantitative estimate of drug-likeness (QED) is 0.679. The van der Waals surface area contributed by atoms with Crippen LogP contribution in [-0.2, 0) is 4.43 Å². The first-order valence-electron chi connectivity index (χ1n) is 4.98. The summed E-state index contributed by atoms with van der Waals surface area (Å²) >= 11 is 4.28. The predicted octanol–water partition coefficient (Wildman–Crippen LogP) is 3.18. The highest BCUT2D eigenvalue weighted by molar-refractivity contribution is 8.19. The van der Waals surface area contributed by atoms with Gasteiger partial charge in [-0.1, -0.05) is 0 Å². The molecule has 0 N–H and O–H groups in total. The van der Waals surface area contributed by atoms with E-state index in [2.05, 4.69) is 43.2 Å². The van der Waals surface area contributed by atoms with E-state index in [9.17, 15) is 0 Å². The molecular weight excluding hydrogens is 216 g/mol.